The van der Waals surface area contributed by atoms with Gasteiger partial charge in [0.2, 0.25) is 0 Å². The third-order valence-corrected chi connectivity index (χ3v) is 2.14. The zero-order valence-electron chi connectivity index (χ0n) is 9.94. The van der Waals surface area contributed by atoms with Gasteiger partial charge in [-0.1, -0.05) is 19.9 Å². The summed E-state index contributed by atoms with van der Waals surface area (Å²) in [4.78, 5) is 10.9. The molecule has 0 radical (unpaired) electrons. The van der Waals surface area contributed by atoms with Crippen LogP contribution < -0.4 is 0 Å². The highest BCUT2D eigenvalue weighted by Gasteiger charge is 2.22. The van der Waals surface area contributed by atoms with Crippen molar-refractivity contribution in [3.05, 3.63) is 12.7 Å². The van der Waals surface area contributed by atoms with Crippen molar-refractivity contribution < 1.29 is 14.3 Å². The second-order valence-electron chi connectivity index (χ2n) is 3.35. The van der Waals surface area contributed by atoms with Gasteiger partial charge in [0, 0.05) is 12.7 Å². The van der Waals surface area contributed by atoms with Crippen molar-refractivity contribution in [1.82, 2.24) is 0 Å². The van der Waals surface area contributed by atoms with Crippen molar-refractivity contribution in [1.29, 1.82) is 5.26 Å². The van der Waals surface area contributed by atoms with E-state index in [1.807, 2.05) is 13.8 Å². The normalized spacial score (nSPS) is 13.6. The van der Waals surface area contributed by atoms with Gasteiger partial charge in [0.15, 0.2) is 0 Å². The lowest BCUT2D eigenvalue weighted by Crippen LogP contribution is -2.27. The summed E-state index contributed by atoms with van der Waals surface area (Å²) >= 11 is 0. The second kappa shape index (κ2) is 8.93. The number of carbonyl (C=O) groups excluding carboxylic acids is 1. The zero-order chi connectivity index (χ0) is 12.4. The van der Waals surface area contributed by atoms with Crippen LogP contribution in [0.25, 0.3) is 0 Å². The third-order valence-electron chi connectivity index (χ3n) is 2.14. The third kappa shape index (κ3) is 5.52. The topological polar surface area (TPSA) is 59.3 Å². The molecule has 2 unspecified atom stereocenters. The Morgan fingerprint density at radius 1 is 1.56 bits per heavy atom. The molecule has 0 bridgehead atoms. The molecule has 0 fully saturated rings. The molecular weight excluding hydrogens is 206 g/mol. The molecular formula is C12H19NO3. The summed E-state index contributed by atoms with van der Waals surface area (Å²) in [6.45, 7) is 7.81. The van der Waals surface area contributed by atoms with Crippen molar-refractivity contribution in [2.24, 2.45) is 5.92 Å². The average molecular weight is 225 g/mol. The highest BCUT2D eigenvalue weighted by atomic mass is 16.5. The summed E-state index contributed by atoms with van der Waals surface area (Å²) in [5.41, 5.74) is 0. The maximum atomic E-state index is 10.9. The van der Waals surface area contributed by atoms with Crippen molar-refractivity contribution in [2.45, 2.75) is 32.8 Å². The van der Waals surface area contributed by atoms with Crippen LogP contribution in [0, 0.1) is 17.2 Å². The van der Waals surface area contributed by atoms with Gasteiger partial charge in [-0.2, -0.15) is 5.26 Å². The number of rotatable bonds is 8. The lowest BCUT2D eigenvalue weighted by Gasteiger charge is -2.20. The Bertz CT molecular complexity index is 251. The van der Waals surface area contributed by atoms with Gasteiger partial charge in [0.1, 0.15) is 12.5 Å². The Balaban J connectivity index is 4.25. The van der Waals surface area contributed by atoms with Crippen LogP contribution in [0.5, 0.6) is 0 Å². The minimum atomic E-state index is -0.507. The number of nitriles is 1. The van der Waals surface area contributed by atoms with Gasteiger partial charge in [-0.25, -0.2) is 4.79 Å². The van der Waals surface area contributed by atoms with Gasteiger partial charge in [-0.3, -0.25) is 0 Å². The Kier molecular flexibility index (Phi) is 8.18. The largest absolute Gasteiger partial charge is 0.461 e. The maximum Gasteiger partial charge on any atom is 0.330 e. The summed E-state index contributed by atoms with van der Waals surface area (Å²) in [6.07, 6.45) is 2.64. The van der Waals surface area contributed by atoms with Crippen molar-refractivity contribution in [2.75, 3.05) is 13.2 Å². The van der Waals surface area contributed by atoms with E-state index in [-0.39, 0.29) is 12.7 Å². The first-order valence-electron chi connectivity index (χ1n) is 5.49. The number of hydrogen-bond acceptors (Lipinski definition) is 4. The molecule has 0 rings (SSSR count). The highest BCUT2D eigenvalue weighted by molar-refractivity contribution is 5.81. The van der Waals surface area contributed by atoms with E-state index in [2.05, 4.69) is 12.6 Å². The van der Waals surface area contributed by atoms with Crippen molar-refractivity contribution in [3.8, 4) is 6.07 Å². The summed E-state index contributed by atoms with van der Waals surface area (Å²) in [5.74, 6) is -0.921. The van der Waals surface area contributed by atoms with Crippen LogP contribution in [0.1, 0.15) is 26.7 Å². The van der Waals surface area contributed by atoms with E-state index in [9.17, 15) is 4.79 Å². The molecule has 90 valence electrons. The van der Waals surface area contributed by atoms with Crippen LogP contribution in [-0.4, -0.2) is 25.3 Å². The standard InChI is InChI=1S/C12H19NO3/c1-4-7-11(15-6-3)10(8-13)9-16-12(14)5-2/h5,10-11H,2,4,6-7,9H2,1,3H3. The lowest BCUT2D eigenvalue weighted by molar-refractivity contribution is -0.139. The van der Waals surface area contributed by atoms with E-state index in [4.69, 9.17) is 14.7 Å². The number of hydrogen-bond donors (Lipinski definition) is 0. The highest BCUT2D eigenvalue weighted by Crippen LogP contribution is 2.14. The molecule has 0 N–H and O–H groups in total. The van der Waals surface area contributed by atoms with E-state index in [1.54, 1.807) is 0 Å². The molecule has 0 amide bonds. The summed E-state index contributed by atoms with van der Waals surface area (Å²) in [5, 5.41) is 8.99. The Morgan fingerprint density at radius 3 is 2.69 bits per heavy atom. The Hall–Kier alpha value is -1.34. The Labute approximate surface area is 96.8 Å². The summed E-state index contributed by atoms with van der Waals surface area (Å²) in [7, 11) is 0. The van der Waals surface area contributed by atoms with Crippen LogP contribution in [0.4, 0.5) is 0 Å². The van der Waals surface area contributed by atoms with Crippen LogP contribution >= 0.6 is 0 Å². The van der Waals surface area contributed by atoms with Gasteiger partial charge < -0.3 is 9.47 Å². The monoisotopic (exact) mass is 225 g/mol. The minimum Gasteiger partial charge on any atom is -0.461 e. The predicted octanol–water partition coefficient (Wildman–Crippen LogP) is 2.06. The van der Waals surface area contributed by atoms with Crippen molar-refractivity contribution in [3.63, 3.8) is 0 Å². The molecule has 0 saturated carbocycles. The van der Waals surface area contributed by atoms with E-state index in [0.29, 0.717) is 6.61 Å². The lowest BCUT2D eigenvalue weighted by atomic mass is 10.0. The fraction of sp³-hybridized carbons (Fsp3) is 0.667. The fourth-order valence-corrected chi connectivity index (χ4v) is 1.36. The molecule has 4 nitrogen and oxygen atoms in total. The molecule has 16 heavy (non-hydrogen) atoms. The van der Waals surface area contributed by atoms with Crippen LogP contribution in [0.3, 0.4) is 0 Å². The molecule has 0 aromatic carbocycles. The van der Waals surface area contributed by atoms with Crippen LogP contribution in [0.15, 0.2) is 12.7 Å². The summed E-state index contributed by atoms with van der Waals surface area (Å²) in [6, 6.07) is 2.11. The van der Waals surface area contributed by atoms with E-state index >= 15 is 0 Å². The van der Waals surface area contributed by atoms with E-state index < -0.39 is 11.9 Å². The molecule has 0 saturated heterocycles. The van der Waals surface area contributed by atoms with Crippen molar-refractivity contribution >= 4 is 5.97 Å². The number of esters is 1. The molecule has 0 aromatic rings. The molecule has 0 heterocycles. The molecule has 0 aliphatic rings. The minimum absolute atomic E-state index is 0.0615. The Morgan fingerprint density at radius 2 is 2.25 bits per heavy atom. The maximum absolute atomic E-state index is 10.9. The van der Waals surface area contributed by atoms with Crippen LogP contribution in [0.2, 0.25) is 0 Å². The fourth-order valence-electron chi connectivity index (χ4n) is 1.36. The number of nitrogens with zero attached hydrogens (tertiary/aromatic N) is 1. The first-order chi connectivity index (χ1) is 7.69. The molecule has 0 aliphatic carbocycles. The second-order valence-corrected chi connectivity index (χ2v) is 3.35. The predicted molar refractivity (Wildman–Crippen MR) is 60.6 cm³/mol. The van der Waals surface area contributed by atoms with Gasteiger partial charge >= 0.3 is 5.97 Å². The average Bonchev–Trinajstić information content (AvgIpc) is 2.30. The summed E-state index contributed by atoms with van der Waals surface area (Å²) < 4.78 is 10.3. The molecule has 0 spiro atoms. The first-order valence-corrected chi connectivity index (χ1v) is 5.49. The smallest absolute Gasteiger partial charge is 0.330 e. The molecule has 4 heteroatoms. The zero-order valence-corrected chi connectivity index (χ0v) is 9.94. The SMILES string of the molecule is C=CC(=O)OCC(C#N)C(CCC)OCC. The van der Waals surface area contributed by atoms with Gasteiger partial charge in [-0.05, 0) is 13.3 Å². The van der Waals surface area contributed by atoms with E-state index in [1.165, 1.54) is 0 Å². The van der Waals surface area contributed by atoms with E-state index in [0.717, 1.165) is 18.9 Å². The van der Waals surface area contributed by atoms with Gasteiger partial charge in [-0.15, -0.1) is 0 Å². The molecule has 0 aliphatic heterocycles. The molecule has 0 aromatic heterocycles. The van der Waals surface area contributed by atoms with Gasteiger partial charge in [0.25, 0.3) is 0 Å². The number of carbonyl (C=O) groups is 1. The van der Waals surface area contributed by atoms with Crippen LogP contribution in [-0.2, 0) is 14.3 Å². The number of ether oxygens (including phenoxy) is 2. The van der Waals surface area contributed by atoms with Gasteiger partial charge in [0.05, 0.1) is 12.2 Å². The first kappa shape index (κ1) is 14.7. The molecule has 2 atom stereocenters. The quantitative estimate of drug-likeness (QED) is 0.468.